The molecular formula is C16H28N2O2. The average Bonchev–Trinajstić information content (AvgIpc) is 2.50. The lowest BCUT2D eigenvalue weighted by Gasteiger charge is -2.34. The van der Waals surface area contributed by atoms with Crippen molar-refractivity contribution in [3.05, 3.63) is 35.9 Å². The van der Waals surface area contributed by atoms with E-state index >= 15 is 0 Å². The van der Waals surface area contributed by atoms with Gasteiger partial charge < -0.3 is 20.1 Å². The Morgan fingerprint density at radius 2 is 1.95 bits per heavy atom. The Morgan fingerprint density at radius 1 is 1.25 bits per heavy atom. The third-order valence-electron chi connectivity index (χ3n) is 3.82. The van der Waals surface area contributed by atoms with Crippen LogP contribution in [0.1, 0.15) is 18.9 Å². The van der Waals surface area contributed by atoms with Gasteiger partial charge in [-0.3, -0.25) is 0 Å². The Bertz CT molecular complexity index is 353. The fraction of sp³-hybridized carbons (Fsp3) is 0.625. The van der Waals surface area contributed by atoms with Gasteiger partial charge in [0.05, 0.1) is 18.8 Å². The van der Waals surface area contributed by atoms with E-state index < -0.39 is 0 Å². The zero-order valence-electron chi connectivity index (χ0n) is 12.9. The SMILES string of the molecule is CCOCCN(C)CCC(CO)(NC)c1ccccc1. The van der Waals surface area contributed by atoms with Gasteiger partial charge in [0.15, 0.2) is 0 Å². The van der Waals surface area contributed by atoms with Crippen LogP contribution in [0.2, 0.25) is 0 Å². The van der Waals surface area contributed by atoms with Gasteiger partial charge in [0, 0.05) is 19.7 Å². The van der Waals surface area contributed by atoms with E-state index in [0.29, 0.717) is 0 Å². The number of nitrogens with one attached hydrogen (secondary N) is 1. The van der Waals surface area contributed by atoms with E-state index in [9.17, 15) is 5.11 Å². The molecule has 1 aromatic rings. The molecule has 0 bridgehead atoms. The predicted octanol–water partition coefficient (Wildman–Crippen LogP) is 1.45. The number of aliphatic hydroxyl groups is 1. The molecule has 20 heavy (non-hydrogen) atoms. The van der Waals surface area contributed by atoms with Gasteiger partial charge in [-0.1, -0.05) is 30.3 Å². The molecule has 0 spiro atoms. The normalized spacial score (nSPS) is 14.4. The van der Waals surface area contributed by atoms with E-state index in [-0.39, 0.29) is 12.1 Å². The van der Waals surface area contributed by atoms with Crippen LogP contribution in [0, 0.1) is 0 Å². The lowest BCUT2D eigenvalue weighted by Crippen LogP contribution is -2.46. The monoisotopic (exact) mass is 280 g/mol. The van der Waals surface area contributed by atoms with Gasteiger partial charge in [0.1, 0.15) is 0 Å². The summed E-state index contributed by atoms with van der Waals surface area (Å²) in [6.07, 6.45) is 0.854. The summed E-state index contributed by atoms with van der Waals surface area (Å²) in [5.74, 6) is 0. The number of hydrogen-bond acceptors (Lipinski definition) is 4. The van der Waals surface area contributed by atoms with Crippen molar-refractivity contribution in [2.24, 2.45) is 0 Å². The van der Waals surface area contributed by atoms with Crippen LogP contribution in [0.3, 0.4) is 0 Å². The number of ether oxygens (including phenoxy) is 1. The minimum atomic E-state index is -0.374. The molecule has 0 saturated heterocycles. The first kappa shape index (κ1) is 17.1. The first-order chi connectivity index (χ1) is 9.68. The highest BCUT2D eigenvalue weighted by atomic mass is 16.5. The van der Waals surface area contributed by atoms with Gasteiger partial charge in [0.2, 0.25) is 0 Å². The van der Waals surface area contributed by atoms with Crippen LogP contribution in [-0.2, 0) is 10.3 Å². The van der Waals surface area contributed by atoms with E-state index in [1.54, 1.807) is 0 Å². The molecular weight excluding hydrogens is 252 g/mol. The second-order valence-corrected chi connectivity index (χ2v) is 5.11. The fourth-order valence-corrected chi connectivity index (χ4v) is 2.28. The van der Waals surface area contributed by atoms with Gasteiger partial charge in [-0.05, 0) is 33.0 Å². The highest BCUT2D eigenvalue weighted by Gasteiger charge is 2.29. The summed E-state index contributed by atoms with van der Waals surface area (Å²) in [4.78, 5) is 2.24. The van der Waals surface area contributed by atoms with Crippen molar-refractivity contribution >= 4 is 0 Å². The maximum Gasteiger partial charge on any atom is 0.0678 e. The summed E-state index contributed by atoms with van der Waals surface area (Å²) >= 11 is 0. The Morgan fingerprint density at radius 3 is 2.50 bits per heavy atom. The molecule has 0 aliphatic carbocycles. The molecule has 1 atom stereocenters. The lowest BCUT2D eigenvalue weighted by molar-refractivity contribution is 0.109. The molecule has 0 saturated carbocycles. The van der Waals surface area contributed by atoms with Crippen LogP contribution in [0.15, 0.2) is 30.3 Å². The van der Waals surface area contributed by atoms with Crippen LogP contribution in [0.25, 0.3) is 0 Å². The van der Waals surface area contributed by atoms with Crippen molar-refractivity contribution in [3.63, 3.8) is 0 Å². The Kier molecular flexibility index (Phi) is 7.77. The average molecular weight is 280 g/mol. The number of benzene rings is 1. The first-order valence-corrected chi connectivity index (χ1v) is 7.30. The highest BCUT2D eigenvalue weighted by Crippen LogP contribution is 2.24. The molecule has 1 rings (SSSR count). The first-order valence-electron chi connectivity index (χ1n) is 7.30. The predicted molar refractivity (Wildman–Crippen MR) is 82.9 cm³/mol. The zero-order chi connectivity index (χ0) is 14.8. The van der Waals surface area contributed by atoms with Gasteiger partial charge in [-0.15, -0.1) is 0 Å². The molecule has 4 heteroatoms. The van der Waals surface area contributed by atoms with Crippen molar-refractivity contribution in [1.82, 2.24) is 10.2 Å². The number of hydrogen-bond donors (Lipinski definition) is 2. The van der Waals surface area contributed by atoms with E-state index in [2.05, 4.69) is 29.4 Å². The largest absolute Gasteiger partial charge is 0.394 e. The minimum Gasteiger partial charge on any atom is -0.394 e. The molecule has 0 aromatic heterocycles. The van der Waals surface area contributed by atoms with Crippen molar-refractivity contribution in [2.45, 2.75) is 18.9 Å². The lowest BCUT2D eigenvalue weighted by atomic mass is 9.87. The van der Waals surface area contributed by atoms with Crippen LogP contribution in [0.4, 0.5) is 0 Å². The highest BCUT2D eigenvalue weighted by molar-refractivity contribution is 5.24. The number of rotatable bonds is 10. The summed E-state index contributed by atoms with van der Waals surface area (Å²) in [5.41, 5.74) is 0.754. The van der Waals surface area contributed by atoms with Gasteiger partial charge in [0.25, 0.3) is 0 Å². The molecule has 4 nitrogen and oxygen atoms in total. The van der Waals surface area contributed by atoms with E-state index in [4.69, 9.17) is 4.74 Å². The van der Waals surface area contributed by atoms with Crippen LogP contribution < -0.4 is 5.32 Å². The van der Waals surface area contributed by atoms with Gasteiger partial charge in [-0.2, -0.15) is 0 Å². The summed E-state index contributed by atoms with van der Waals surface area (Å²) in [6.45, 7) is 5.43. The van der Waals surface area contributed by atoms with Crippen LogP contribution >= 0.6 is 0 Å². The topological polar surface area (TPSA) is 44.7 Å². The van der Waals surface area contributed by atoms with Gasteiger partial charge in [-0.25, -0.2) is 0 Å². The molecule has 114 valence electrons. The molecule has 0 aliphatic rings. The number of nitrogens with zero attached hydrogens (tertiary/aromatic N) is 1. The van der Waals surface area contributed by atoms with Crippen LogP contribution in [0.5, 0.6) is 0 Å². The second kappa shape index (κ2) is 9.08. The molecule has 1 unspecified atom stereocenters. The Hall–Kier alpha value is -0.940. The summed E-state index contributed by atoms with van der Waals surface area (Å²) < 4.78 is 5.37. The van der Waals surface area contributed by atoms with Gasteiger partial charge >= 0.3 is 0 Å². The van der Waals surface area contributed by atoms with E-state index in [0.717, 1.165) is 38.3 Å². The standard InChI is InChI=1S/C16H28N2O2/c1-4-20-13-12-18(3)11-10-16(14-19,17-2)15-8-6-5-7-9-15/h5-9,17,19H,4,10-14H2,1-3H3. The number of aliphatic hydroxyl groups excluding tert-OH is 1. The molecule has 1 aromatic carbocycles. The Labute approximate surface area is 122 Å². The third kappa shape index (κ3) is 4.87. The number of likely N-dealkylation sites (N-methyl/N-ethyl adjacent to an activating group) is 2. The quantitative estimate of drug-likeness (QED) is 0.637. The molecule has 0 aliphatic heterocycles. The van der Waals surface area contributed by atoms with Crippen molar-refractivity contribution in [1.29, 1.82) is 0 Å². The summed E-state index contributed by atoms with van der Waals surface area (Å²) in [6, 6.07) is 10.1. The summed E-state index contributed by atoms with van der Waals surface area (Å²) in [7, 11) is 3.99. The van der Waals surface area contributed by atoms with E-state index in [1.165, 1.54) is 0 Å². The maximum absolute atomic E-state index is 9.85. The maximum atomic E-state index is 9.85. The molecule has 0 heterocycles. The molecule has 0 fully saturated rings. The van der Waals surface area contributed by atoms with Crippen molar-refractivity contribution < 1.29 is 9.84 Å². The zero-order valence-corrected chi connectivity index (χ0v) is 12.9. The summed E-state index contributed by atoms with van der Waals surface area (Å²) in [5, 5.41) is 13.1. The van der Waals surface area contributed by atoms with Crippen molar-refractivity contribution in [2.75, 3.05) is 47.0 Å². The Balaban J connectivity index is 2.59. The minimum absolute atomic E-state index is 0.0901. The fourth-order valence-electron chi connectivity index (χ4n) is 2.28. The van der Waals surface area contributed by atoms with Crippen LogP contribution in [-0.4, -0.2) is 57.0 Å². The smallest absolute Gasteiger partial charge is 0.0678 e. The molecule has 2 N–H and O–H groups in total. The molecule has 0 amide bonds. The van der Waals surface area contributed by atoms with E-state index in [1.807, 2.05) is 32.2 Å². The van der Waals surface area contributed by atoms with Crippen molar-refractivity contribution in [3.8, 4) is 0 Å². The molecule has 0 radical (unpaired) electrons. The third-order valence-corrected chi connectivity index (χ3v) is 3.82. The second-order valence-electron chi connectivity index (χ2n) is 5.11.